The van der Waals surface area contributed by atoms with Gasteiger partial charge in [-0.15, -0.1) is 0 Å². The zero-order valence-corrected chi connectivity index (χ0v) is 20.1. The van der Waals surface area contributed by atoms with E-state index in [1.165, 1.54) is 24.9 Å². The minimum atomic E-state index is 0.0939. The van der Waals surface area contributed by atoms with Gasteiger partial charge in [0.15, 0.2) is 5.82 Å². The van der Waals surface area contributed by atoms with E-state index in [1.807, 2.05) is 0 Å². The smallest absolute Gasteiger partial charge is 0.223 e. The van der Waals surface area contributed by atoms with Gasteiger partial charge in [-0.2, -0.15) is 0 Å². The first-order valence-electron chi connectivity index (χ1n) is 11.9. The van der Waals surface area contributed by atoms with Crippen LogP contribution in [-0.2, 0) is 4.79 Å². The highest BCUT2D eigenvalue weighted by Gasteiger charge is 2.27. The number of carbonyl (C=O) groups is 1. The fourth-order valence-corrected chi connectivity index (χ4v) is 5.53. The second-order valence-electron chi connectivity index (χ2n) is 9.20. The van der Waals surface area contributed by atoms with E-state index in [4.69, 9.17) is 0 Å². The molecule has 2 aliphatic heterocycles. The molecule has 1 unspecified atom stereocenters. The Labute approximate surface area is 196 Å². The minimum Gasteiger partial charge on any atom is -0.355 e. The van der Waals surface area contributed by atoms with Crippen LogP contribution in [0.4, 0.5) is 5.82 Å². The summed E-state index contributed by atoms with van der Waals surface area (Å²) in [7, 11) is 0. The van der Waals surface area contributed by atoms with Crippen LogP contribution in [-0.4, -0.2) is 60.0 Å². The fraction of sp³-hybridized carbons (Fsp3) is 0.560. The molecule has 2 saturated heterocycles. The van der Waals surface area contributed by atoms with Crippen LogP contribution in [0, 0.1) is 18.8 Å². The molecule has 4 rings (SSSR count). The van der Waals surface area contributed by atoms with E-state index in [2.05, 4.69) is 63.2 Å². The summed E-state index contributed by atoms with van der Waals surface area (Å²) in [6.07, 6.45) is 7.84. The highest BCUT2D eigenvalue weighted by atomic mass is 32.2. The zero-order chi connectivity index (χ0) is 22.3. The Hall–Kier alpha value is -2.12. The van der Waals surface area contributed by atoms with Crippen molar-refractivity contribution in [2.45, 2.75) is 49.5 Å². The molecule has 2 fully saturated rings. The maximum absolute atomic E-state index is 12.7. The second-order valence-corrected chi connectivity index (χ2v) is 10.3. The van der Waals surface area contributed by atoms with Crippen LogP contribution in [0.5, 0.6) is 0 Å². The van der Waals surface area contributed by atoms with Crippen molar-refractivity contribution in [2.75, 3.05) is 44.2 Å². The third-order valence-electron chi connectivity index (χ3n) is 6.52. The number of hydrogen-bond acceptors (Lipinski definition) is 6. The summed E-state index contributed by atoms with van der Waals surface area (Å²) in [5.41, 5.74) is 1.25. The Balaban J connectivity index is 1.26. The maximum atomic E-state index is 12.7. The molecule has 7 heteroatoms. The molecule has 172 valence electrons. The average molecular weight is 454 g/mol. The molecule has 0 radical (unpaired) electrons. The van der Waals surface area contributed by atoms with Crippen LogP contribution < -0.4 is 10.2 Å². The van der Waals surface area contributed by atoms with Gasteiger partial charge >= 0.3 is 0 Å². The number of likely N-dealkylation sites (tertiary alicyclic amines) is 1. The molecule has 6 nitrogen and oxygen atoms in total. The predicted molar refractivity (Wildman–Crippen MR) is 130 cm³/mol. The Kier molecular flexibility index (Phi) is 8.03. The normalized spacial score (nSPS) is 20.3. The van der Waals surface area contributed by atoms with Crippen LogP contribution in [0.3, 0.4) is 0 Å². The van der Waals surface area contributed by atoms with Crippen molar-refractivity contribution in [1.82, 2.24) is 20.2 Å². The largest absolute Gasteiger partial charge is 0.355 e. The van der Waals surface area contributed by atoms with Crippen LogP contribution in [0.25, 0.3) is 0 Å². The predicted octanol–water partition coefficient (Wildman–Crippen LogP) is 4.00. The lowest BCUT2D eigenvalue weighted by atomic mass is 9.96. The standard InChI is InChI=1S/C25H35N5OS/c1-19-5-7-22(8-6-19)32-25-23(26-11-12-28-25)30-15-9-21(10-16-30)24(31)27-13-17-29-14-3-4-20(2)18-29/h5-8,11-12,20-21H,3-4,9-10,13-18H2,1-2H3,(H,27,31). The first-order chi connectivity index (χ1) is 15.6. The molecule has 32 heavy (non-hydrogen) atoms. The van der Waals surface area contributed by atoms with Crippen molar-refractivity contribution in [3.8, 4) is 0 Å². The molecule has 0 saturated carbocycles. The van der Waals surface area contributed by atoms with E-state index in [0.29, 0.717) is 0 Å². The summed E-state index contributed by atoms with van der Waals surface area (Å²) < 4.78 is 0. The lowest BCUT2D eigenvalue weighted by Crippen LogP contribution is -2.44. The number of aryl methyl sites for hydroxylation is 1. The summed E-state index contributed by atoms with van der Waals surface area (Å²) in [5.74, 6) is 2.01. The third kappa shape index (κ3) is 6.23. The monoisotopic (exact) mass is 453 g/mol. The number of aromatic nitrogens is 2. The van der Waals surface area contributed by atoms with Crippen molar-refractivity contribution >= 4 is 23.5 Å². The highest BCUT2D eigenvalue weighted by Crippen LogP contribution is 2.34. The molecule has 0 spiro atoms. The van der Waals surface area contributed by atoms with Crippen molar-refractivity contribution in [2.24, 2.45) is 11.8 Å². The van der Waals surface area contributed by atoms with Gasteiger partial charge in [0, 0.05) is 55.9 Å². The van der Waals surface area contributed by atoms with Gasteiger partial charge in [-0.3, -0.25) is 4.79 Å². The van der Waals surface area contributed by atoms with Gasteiger partial charge in [0.2, 0.25) is 5.91 Å². The number of carbonyl (C=O) groups excluding carboxylic acids is 1. The molecular weight excluding hydrogens is 418 g/mol. The van der Waals surface area contributed by atoms with Gasteiger partial charge in [-0.1, -0.05) is 36.4 Å². The number of hydrogen-bond donors (Lipinski definition) is 1. The summed E-state index contributed by atoms with van der Waals surface area (Å²) in [5, 5.41) is 4.11. The SMILES string of the molecule is Cc1ccc(Sc2nccnc2N2CCC(C(=O)NCCN3CCCC(C)C3)CC2)cc1. The van der Waals surface area contributed by atoms with E-state index in [0.717, 1.165) is 67.2 Å². The summed E-state index contributed by atoms with van der Waals surface area (Å²) in [4.78, 5) is 27.8. The molecule has 0 aliphatic carbocycles. The van der Waals surface area contributed by atoms with Crippen LogP contribution in [0.2, 0.25) is 0 Å². The highest BCUT2D eigenvalue weighted by molar-refractivity contribution is 7.99. The lowest BCUT2D eigenvalue weighted by molar-refractivity contribution is -0.125. The van der Waals surface area contributed by atoms with E-state index >= 15 is 0 Å². The molecule has 2 aromatic rings. The number of amides is 1. The summed E-state index contributed by atoms with van der Waals surface area (Å²) in [6.45, 7) is 10.1. The van der Waals surface area contributed by atoms with Gasteiger partial charge < -0.3 is 15.1 Å². The Bertz CT molecular complexity index is 882. The lowest BCUT2D eigenvalue weighted by Gasteiger charge is -2.33. The quantitative estimate of drug-likeness (QED) is 0.684. The van der Waals surface area contributed by atoms with E-state index < -0.39 is 0 Å². The van der Waals surface area contributed by atoms with Crippen LogP contribution >= 0.6 is 11.8 Å². The molecule has 2 aliphatic rings. The molecule has 1 amide bonds. The Morgan fingerprint density at radius 2 is 1.84 bits per heavy atom. The maximum Gasteiger partial charge on any atom is 0.223 e. The second kappa shape index (κ2) is 11.1. The van der Waals surface area contributed by atoms with Crippen LogP contribution in [0.15, 0.2) is 46.6 Å². The topological polar surface area (TPSA) is 61.4 Å². The fourth-order valence-electron chi connectivity index (χ4n) is 4.65. The van der Waals surface area contributed by atoms with E-state index in [-0.39, 0.29) is 11.8 Å². The number of nitrogens with zero attached hydrogens (tertiary/aromatic N) is 4. The zero-order valence-electron chi connectivity index (χ0n) is 19.3. The summed E-state index contributed by atoms with van der Waals surface area (Å²) in [6, 6.07) is 8.49. The minimum absolute atomic E-state index is 0.0939. The molecule has 1 N–H and O–H groups in total. The molecule has 0 bridgehead atoms. The molecule has 1 aromatic heterocycles. The van der Waals surface area contributed by atoms with Gasteiger partial charge in [-0.25, -0.2) is 9.97 Å². The Morgan fingerprint density at radius 1 is 1.09 bits per heavy atom. The number of piperidine rings is 2. The molecular formula is C25H35N5OS. The van der Waals surface area contributed by atoms with E-state index in [1.54, 1.807) is 24.2 Å². The van der Waals surface area contributed by atoms with E-state index in [9.17, 15) is 4.79 Å². The van der Waals surface area contributed by atoms with Gasteiger partial charge in [0.1, 0.15) is 5.03 Å². The Morgan fingerprint density at radius 3 is 2.59 bits per heavy atom. The van der Waals surface area contributed by atoms with Gasteiger partial charge in [0.05, 0.1) is 0 Å². The number of nitrogens with one attached hydrogen (secondary N) is 1. The number of anilines is 1. The van der Waals surface area contributed by atoms with Gasteiger partial charge in [0.25, 0.3) is 0 Å². The van der Waals surface area contributed by atoms with Crippen LogP contribution in [0.1, 0.15) is 38.2 Å². The third-order valence-corrected chi connectivity index (χ3v) is 7.50. The molecule has 1 aromatic carbocycles. The van der Waals surface area contributed by atoms with Crippen molar-refractivity contribution < 1.29 is 4.79 Å². The number of benzene rings is 1. The number of rotatable bonds is 7. The van der Waals surface area contributed by atoms with Gasteiger partial charge in [-0.05, 0) is 57.2 Å². The average Bonchev–Trinajstić information content (AvgIpc) is 2.81. The summed E-state index contributed by atoms with van der Waals surface area (Å²) >= 11 is 1.65. The van der Waals surface area contributed by atoms with Crippen molar-refractivity contribution in [3.63, 3.8) is 0 Å². The first-order valence-corrected chi connectivity index (χ1v) is 12.7. The molecule has 3 heterocycles. The van der Waals surface area contributed by atoms with Crippen molar-refractivity contribution in [3.05, 3.63) is 42.2 Å². The van der Waals surface area contributed by atoms with Crippen molar-refractivity contribution in [1.29, 1.82) is 0 Å². The molecule has 1 atom stereocenters. The first kappa shape index (κ1) is 23.1.